The molecule has 1 unspecified atom stereocenters. The number of aliphatic hydroxyl groups excluding tert-OH is 2. The van der Waals surface area contributed by atoms with E-state index < -0.39 is 36.1 Å². The van der Waals surface area contributed by atoms with E-state index in [0.717, 1.165) is 12.1 Å². The minimum absolute atomic E-state index is 0.0485. The van der Waals surface area contributed by atoms with Crippen molar-refractivity contribution in [2.75, 3.05) is 6.61 Å². The van der Waals surface area contributed by atoms with Crippen molar-refractivity contribution in [1.82, 2.24) is 10.3 Å². The van der Waals surface area contributed by atoms with Gasteiger partial charge in [-0.25, -0.2) is 8.78 Å². The summed E-state index contributed by atoms with van der Waals surface area (Å²) in [4.78, 5) is 4.21. The third-order valence-electron chi connectivity index (χ3n) is 5.99. The average Bonchev–Trinajstić information content (AvgIpc) is 2.75. The molecule has 0 saturated heterocycles. The molecule has 1 aliphatic carbocycles. The first-order valence-electron chi connectivity index (χ1n) is 10.7. The normalized spacial score (nSPS) is 19.2. The molecule has 5 nitrogen and oxygen atoms in total. The summed E-state index contributed by atoms with van der Waals surface area (Å²) < 4.78 is 72.5. The molecule has 1 saturated carbocycles. The van der Waals surface area contributed by atoms with Crippen molar-refractivity contribution in [3.8, 4) is 5.75 Å². The highest BCUT2D eigenvalue weighted by Crippen LogP contribution is 2.35. The van der Waals surface area contributed by atoms with Crippen LogP contribution in [0.15, 0.2) is 36.5 Å². The van der Waals surface area contributed by atoms with Crippen LogP contribution in [0.5, 0.6) is 5.75 Å². The van der Waals surface area contributed by atoms with Crippen LogP contribution in [0.3, 0.4) is 0 Å². The Labute approximate surface area is 192 Å². The molecule has 3 N–H and O–H groups in total. The molecule has 0 amide bonds. The van der Waals surface area contributed by atoms with E-state index in [-0.39, 0.29) is 30.0 Å². The van der Waals surface area contributed by atoms with Crippen LogP contribution in [0.2, 0.25) is 0 Å². The number of hydrogen-bond donors (Lipinski definition) is 3. The summed E-state index contributed by atoms with van der Waals surface area (Å²) in [5.74, 6) is -1.95. The average molecular weight is 482 g/mol. The molecule has 34 heavy (non-hydrogen) atoms. The number of aryl methyl sites for hydroxylation is 1. The molecule has 3 aromatic rings. The lowest BCUT2D eigenvalue weighted by molar-refractivity contribution is -0.140. The maximum atomic E-state index is 14.9. The standard InChI is InChI=1S/C24H23F5N2O3/c1-12-4-16-18(9-30-12)17(23(33)11-32)8-22(26)19(16)10-31-13-5-15(6-13)34-14-2-3-21(25)20(7-14)24(27,28)29/h2-4,7-9,13,15,23,31-33H,5-6,10-11H2,1H3. The maximum Gasteiger partial charge on any atom is 0.419 e. The third kappa shape index (κ3) is 4.98. The van der Waals surface area contributed by atoms with Crippen molar-refractivity contribution in [2.45, 2.75) is 50.7 Å². The van der Waals surface area contributed by atoms with Crippen LogP contribution in [0.25, 0.3) is 10.8 Å². The first kappa shape index (κ1) is 24.3. The number of nitrogens with zero attached hydrogens (tertiary/aromatic N) is 1. The van der Waals surface area contributed by atoms with Crippen molar-refractivity contribution < 1.29 is 36.9 Å². The number of nitrogens with one attached hydrogen (secondary N) is 1. The van der Waals surface area contributed by atoms with Crippen LogP contribution in [0, 0.1) is 18.6 Å². The van der Waals surface area contributed by atoms with Crippen LogP contribution >= 0.6 is 0 Å². The van der Waals surface area contributed by atoms with Gasteiger partial charge in [0.2, 0.25) is 0 Å². The second-order valence-electron chi connectivity index (χ2n) is 8.42. The number of alkyl halides is 3. The SMILES string of the molecule is Cc1cc2c(CNC3CC(Oc4ccc(F)c(C(F)(F)F)c4)C3)c(F)cc(C(O)CO)c2cn1. The molecule has 182 valence electrons. The molecule has 0 spiro atoms. The fourth-order valence-electron chi connectivity index (χ4n) is 4.09. The fraction of sp³-hybridized carbons (Fsp3) is 0.375. The van der Waals surface area contributed by atoms with Crippen LogP contribution in [-0.2, 0) is 12.7 Å². The van der Waals surface area contributed by atoms with Crippen molar-refractivity contribution in [3.05, 3.63) is 70.5 Å². The highest BCUT2D eigenvalue weighted by Gasteiger charge is 2.36. The van der Waals surface area contributed by atoms with Crippen LogP contribution in [0.1, 0.15) is 41.3 Å². The number of halogens is 5. The minimum Gasteiger partial charge on any atom is -0.490 e. The molecule has 1 aliphatic rings. The zero-order chi connectivity index (χ0) is 24.6. The Morgan fingerprint density at radius 3 is 2.53 bits per heavy atom. The maximum absolute atomic E-state index is 14.9. The summed E-state index contributed by atoms with van der Waals surface area (Å²) in [6, 6.07) is 5.39. The van der Waals surface area contributed by atoms with Gasteiger partial charge >= 0.3 is 6.18 Å². The minimum atomic E-state index is -4.81. The zero-order valence-corrected chi connectivity index (χ0v) is 18.2. The molecule has 0 bridgehead atoms. The smallest absolute Gasteiger partial charge is 0.419 e. The lowest BCUT2D eigenvalue weighted by Gasteiger charge is -2.36. The highest BCUT2D eigenvalue weighted by atomic mass is 19.4. The number of benzene rings is 2. The zero-order valence-electron chi connectivity index (χ0n) is 18.2. The Balaban J connectivity index is 1.42. The van der Waals surface area contributed by atoms with Gasteiger partial charge in [0.15, 0.2) is 0 Å². The number of rotatable bonds is 7. The summed E-state index contributed by atoms with van der Waals surface area (Å²) >= 11 is 0. The second kappa shape index (κ2) is 9.44. The highest BCUT2D eigenvalue weighted by molar-refractivity contribution is 5.89. The molecular formula is C24H23F5N2O3. The monoisotopic (exact) mass is 482 g/mol. The first-order valence-corrected chi connectivity index (χ1v) is 10.7. The number of aliphatic hydroxyl groups is 2. The quantitative estimate of drug-likeness (QED) is 0.431. The molecule has 0 radical (unpaired) electrons. The largest absolute Gasteiger partial charge is 0.490 e. The molecule has 2 aromatic carbocycles. The van der Waals surface area contributed by atoms with Gasteiger partial charge in [0.05, 0.1) is 12.2 Å². The molecule has 4 rings (SSSR count). The van der Waals surface area contributed by atoms with Gasteiger partial charge < -0.3 is 20.3 Å². The molecule has 10 heteroatoms. The van der Waals surface area contributed by atoms with Gasteiger partial charge in [0.25, 0.3) is 0 Å². The Morgan fingerprint density at radius 1 is 1.12 bits per heavy atom. The Hall–Kier alpha value is -2.82. The van der Waals surface area contributed by atoms with Gasteiger partial charge in [-0.15, -0.1) is 0 Å². The predicted molar refractivity (Wildman–Crippen MR) is 114 cm³/mol. The molecule has 1 aromatic heterocycles. The number of hydrogen-bond acceptors (Lipinski definition) is 5. The number of pyridine rings is 1. The number of aromatic nitrogens is 1. The van der Waals surface area contributed by atoms with Crippen LogP contribution < -0.4 is 10.1 Å². The van der Waals surface area contributed by atoms with Crippen LogP contribution in [-0.4, -0.2) is 33.9 Å². The first-order chi connectivity index (χ1) is 16.1. The number of ether oxygens (including phenoxy) is 1. The third-order valence-corrected chi connectivity index (χ3v) is 5.99. The van der Waals surface area contributed by atoms with Gasteiger partial charge in [-0.1, -0.05) is 0 Å². The van der Waals surface area contributed by atoms with Crippen molar-refractivity contribution >= 4 is 10.8 Å². The Kier molecular flexibility index (Phi) is 6.75. The Morgan fingerprint density at radius 2 is 1.85 bits per heavy atom. The fourth-order valence-corrected chi connectivity index (χ4v) is 4.09. The summed E-state index contributed by atoms with van der Waals surface area (Å²) in [5, 5.41) is 23.7. The van der Waals surface area contributed by atoms with E-state index in [2.05, 4.69) is 10.3 Å². The topological polar surface area (TPSA) is 74.6 Å². The summed E-state index contributed by atoms with van der Waals surface area (Å²) in [6.07, 6.45) is -3.89. The van der Waals surface area contributed by atoms with Gasteiger partial charge in [0.1, 0.15) is 29.6 Å². The molecule has 1 atom stereocenters. The summed E-state index contributed by atoms with van der Waals surface area (Å²) in [5.41, 5.74) is -0.0766. The van der Waals surface area contributed by atoms with Crippen molar-refractivity contribution in [1.29, 1.82) is 0 Å². The summed E-state index contributed by atoms with van der Waals surface area (Å²) in [7, 11) is 0. The van der Waals surface area contributed by atoms with E-state index >= 15 is 0 Å². The molecule has 1 fully saturated rings. The lowest BCUT2D eigenvalue weighted by atomic mass is 9.88. The predicted octanol–water partition coefficient (Wildman–Crippen LogP) is 4.57. The Bertz CT molecular complexity index is 1200. The van der Waals surface area contributed by atoms with E-state index in [0.29, 0.717) is 40.9 Å². The summed E-state index contributed by atoms with van der Waals surface area (Å²) in [6.45, 7) is 1.38. The van der Waals surface area contributed by atoms with E-state index in [4.69, 9.17) is 4.74 Å². The van der Waals surface area contributed by atoms with Crippen LogP contribution in [0.4, 0.5) is 22.0 Å². The van der Waals surface area contributed by atoms with Gasteiger partial charge in [-0.2, -0.15) is 13.2 Å². The van der Waals surface area contributed by atoms with E-state index in [1.165, 1.54) is 12.3 Å². The molecular weight excluding hydrogens is 459 g/mol. The number of fused-ring (bicyclic) bond motifs is 1. The van der Waals surface area contributed by atoms with E-state index in [9.17, 15) is 32.2 Å². The van der Waals surface area contributed by atoms with Gasteiger partial charge in [-0.3, -0.25) is 4.98 Å². The van der Waals surface area contributed by atoms with Crippen molar-refractivity contribution in [2.24, 2.45) is 0 Å². The van der Waals surface area contributed by atoms with E-state index in [1.54, 1.807) is 13.0 Å². The molecule has 1 heterocycles. The van der Waals surface area contributed by atoms with Crippen molar-refractivity contribution in [3.63, 3.8) is 0 Å². The lowest BCUT2D eigenvalue weighted by Crippen LogP contribution is -2.46. The second-order valence-corrected chi connectivity index (χ2v) is 8.42. The molecule has 0 aliphatic heterocycles. The van der Waals surface area contributed by atoms with Gasteiger partial charge in [-0.05, 0) is 61.0 Å². The van der Waals surface area contributed by atoms with E-state index in [1.807, 2.05) is 0 Å². The van der Waals surface area contributed by atoms with Gasteiger partial charge in [0, 0.05) is 35.4 Å².